The van der Waals surface area contributed by atoms with E-state index in [4.69, 9.17) is 55.9 Å². The molecule has 0 amide bonds. The first-order valence-electron chi connectivity index (χ1n) is 12.8. The van der Waals surface area contributed by atoms with Gasteiger partial charge in [-0.1, -0.05) is 46.4 Å². The highest BCUT2D eigenvalue weighted by molar-refractivity contribution is 6.37. The van der Waals surface area contributed by atoms with Gasteiger partial charge in [-0.25, -0.2) is 9.59 Å². The van der Waals surface area contributed by atoms with E-state index in [9.17, 15) is 9.59 Å². The van der Waals surface area contributed by atoms with Gasteiger partial charge in [0.25, 0.3) is 0 Å². The number of ether oxygens (including phenoxy) is 2. The summed E-state index contributed by atoms with van der Waals surface area (Å²) in [5.74, 6) is -1.01. The number of esters is 2. The molecule has 0 bridgehead atoms. The molecule has 0 atom stereocenters. The molecule has 3 N–H and O–H groups in total. The minimum Gasteiger partial charge on any atom is -0.460 e. The summed E-state index contributed by atoms with van der Waals surface area (Å²) in [6, 6.07) is 9.82. The van der Waals surface area contributed by atoms with Crippen LogP contribution in [0.2, 0.25) is 20.1 Å². The van der Waals surface area contributed by atoms with Crippen LogP contribution in [0.1, 0.15) is 13.8 Å². The van der Waals surface area contributed by atoms with Gasteiger partial charge >= 0.3 is 11.9 Å². The number of amidine groups is 2. The Bertz CT molecular complexity index is 1270. The second-order valence-corrected chi connectivity index (χ2v) is 10.2. The number of carbonyl (C=O) groups excluding carboxylic acids is 2. The molecule has 0 saturated carbocycles. The predicted molar refractivity (Wildman–Crippen MR) is 164 cm³/mol. The lowest BCUT2D eigenvalue weighted by molar-refractivity contribution is -0.136. The number of carbonyl (C=O) groups is 2. The van der Waals surface area contributed by atoms with E-state index in [1.54, 1.807) is 50.2 Å². The molecule has 15 heteroatoms. The van der Waals surface area contributed by atoms with Gasteiger partial charge in [-0.15, -0.1) is 5.10 Å². The lowest BCUT2D eigenvalue weighted by atomic mass is 10.3. The van der Waals surface area contributed by atoms with Gasteiger partial charge < -0.3 is 14.4 Å². The van der Waals surface area contributed by atoms with Crippen LogP contribution in [0, 0.1) is 0 Å². The first-order chi connectivity index (χ1) is 19.7. The third-order valence-electron chi connectivity index (χ3n) is 5.74. The Morgan fingerprint density at radius 1 is 0.854 bits per heavy atom. The van der Waals surface area contributed by atoms with Crippen LogP contribution in [0.15, 0.2) is 46.5 Å². The van der Waals surface area contributed by atoms with Crippen molar-refractivity contribution in [3.05, 3.63) is 56.5 Å². The number of nitrogens with one attached hydrogen (secondary N) is 3. The number of rotatable bonds is 9. The van der Waals surface area contributed by atoms with Crippen LogP contribution >= 0.6 is 46.4 Å². The largest absolute Gasteiger partial charge is 0.460 e. The van der Waals surface area contributed by atoms with E-state index >= 15 is 0 Å². The Kier molecular flexibility index (Phi) is 13.1. The average molecular weight is 647 g/mol. The van der Waals surface area contributed by atoms with Gasteiger partial charge in [0.2, 0.25) is 11.7 Å². The number of piperazine rings is 1. The van der Waals surface area contributed by atoms with Gasteiger partial charge in [-0.05, 0) is 50.2 Å². The smallest absolute Gasteiger partial charge is 0.375 e. The summed E-state index contributed by atoms with van der Waals surface area (Å²) >= 11 is 24.5. The summed E-state index contributed by atoms with van der Waals surface area (Å²) in [5.41, 5.74) is 9.40. The number of hydrogen-bond acceptors (Lipinski definition) is 9. The van der Waals surface area contributed by atoms with Gasteiger partial charge in [0.1, 0.15) is 0 Å². The van der Waals surface area contributed by atoms with Gasteiger partial charge in [0.15, 0.2) is 0 Å². The van der Waals surface area contributed by atoms with Crippen LogP contribution in [-0.4, -0.2) is 85.9 Å². The second-order valence-electron chi connectivity index (χ2n) is 8.55. The van der Waals surface area contributed by atoms with Crippen molar-refractivity contribution in [1.82, 2.24) is 15.2 Å². The van der Waals surface area contributed by atoms with E-state index < -0.39 is 11.9 Å². The Morgan fingerprint density at radius 3 is 2.07 bits per heavy atom. The number of aliphatic imine (C=N–C) groups is 1. The SMILES string of the molecule is CCOC(=O)C(=NCCN1CCN(/C(=N\Nc2cc(Cl)ccc2Cl)C(=O)OCC)CC1)NNc1cc(Cl)ccc1Cl. The fraction of sp³-hybridized carbons (Fsp3) is 0.385. The van der Waals surface area contributed by atoms with E-state index in [0.29, 0.717) is 70.7 Å². The van der Waals surface area contributed by atoms with Crippen molar-refractivity contribution in [2.45, 2.75) is 13.8 Å². The molecule has 1 aliphatic rings. The summed E-state index contributed by atoms with van der Waals surface area (Å²) < 4.78 is 10.3. The first-order valence-corrected chi connectivity index (χ1v) is 14.3. The topological polar surface area (TPSA) is 120 Å². The third kappa shape index (κ3) is 10.1. The summed E-state index contributed by atoms with van der Waals surface area (Å²) in [5, 5.41) is 6.08. The van der Waals surface area contributed by atoms with Gasteiger partial charge in [-0.3, -0.25) is 26.2 Å². The third-order valence-corrected chi connectivity index (χ3v) is 6.87. The summed E-state index contributed by atoms with van der Waals surface area (Å²) in [4.78, 5) is 33.5. The zero-order valence-corrected chi connectivity index (χ0v) is 25.6. The van der Waals surface area contributed by atoms with Crippen molar-refractivity contribution >= 4 is 81.4 Å². The summed E-state index contributed by atoms with van der Waals surface area (Å²) in [6.07, 6.45) is 0. The van der Waals surface area contributed by atoms with Gasteiger partial charge in [0.05, 0.1) is 41.2 Å². The minimum atomic E-state index is -0.606. The van der Waals surface area contributed by atoms with Crippen molar-refractivity contribution in [2.75, 3.05) is 63.3 Å². The molecule has 2 aromatic rings. The Morgan fingerprint density at radius 2 is 1.44 bits per heavy atom. The zero-order chi connectivity index (χ0) is 29.8. The van der Waals surface area contributed by atoms with E-state index in [-0.39, 0.29) is 24.9 Å². The van der Waals surface area contributed by atoms with Crippen molar-refractivity contribution in [2.24, 2.45) is 10.1 Å². The van der Waals surface area contributed by atoms with Crippen LogP contribution in [0.5, 0.6) is 0 Å². The Balaban J connectivity index is 1.59. The molecule has 222 valence electrons. The number of nitrogens with zero attached hydrogens (tertiary/aromatic N) is 4. The molecule has 11 nitrogen and oxygen atoms in total. The molecule has 0 aromatic heterocycles. The van der Waals surface area contributed by atoms with Crippen LogP contribution < -0.4 is 16.3 Å². The molecular formula is C26H31Cl4N7O4. The maximum atomic E-state index is 12.7. The molecule has 0 spiro atoms. The van der Waals surface area contributed by atoms with Crippen LogP contribution in [0.25, 0.3) is 0 Å². The maximum Gasteiger partial charge on any atom is 0.375 e. The molecule has 1 saturated heterocycles. The molecule has 41 heavy (non-hydrogen) atoms. The number of anilines is 2. The number of hydrogen-bond donors (Lipinski definition) is 3. The van der Waals surface area contributed by atoms with Crippen LogP contribution in [0.4, 0.5) is 11.4 Å². The number of halogens is 4. The van der Waals surface area contributed by atoms with Crippen molar-refractivity contribution < 1.29 is 19.1 Å². The summed E-state index contributed by atoms with van der Waals surface area (Å²) in [6.45, 7) is 7.03. The van der Waals surface area contributed by atoms with E-state index in [2.05, 4.69) is 31.3 Å². The molecule has 0 radical (unpaired) electrons. The second kappa shape index (κ2) is 16.5. The number of hydrazone groups is 1. The highest BCUT2D eigenvalue weighted by Crippen LogP contribution is 2.26. The molecule has 1 heterocycles. The standard InChI is InChI=1S/C26H31Cl4N7O4/c1-3-40-25(38)23(34-32-21-15-17(27)5-7-19(21)29)31-9-10-36-11-13-37(14-12-36)24(26(39)41-4-2)35-33-22-16-18(28)6-8-20(22)30/h5-8,15-16,32-33H,3-4,9-14H2,1-2H3,(H,31,34)/b35-24-. The number of benzene rings is 2. The normalized spacial score (nSPS) is 14.4. The van der Waals surface area contributed by atoms with E-state index in [1.807, 2.05) is 4.90 Å². The fourth-order valence-corrected chi connectivity index (χ4v) is 4.37. The molecule has 0 unspecified atom stereocenters. The Labute approximate surface area is 258 Å². The quantitative estimate of drug-likeness (QED) is 0.153. The predicted octanol–water partition coefficient (Wildman–Crippen LogP) is 4.78. The molecule has 0 aliphatic carbocycles. The molecular weight excluding hydrogens is 616 g/mol. The van der Waals surface area contributed by atoms with E-state index in [1.165, 1.54) is 0 Å². The lowest BCUT2D eigenvalue weighted by Crippen LogP contribution is -2.51. The van der Waals surface area contributed by atoms with Gasteiger partial charge in [-0.2, -0.15) is 0 Å². The van der Waals surface area contributed by atoms with Crippen molar-refractivity contribution in [3.8, 4) is 0 Å². The van der Waals surface area contributed by atoms with Crippen LogP contribution in [-0.2, 0) is 19.1 Å². The molecule has 2 aromatic carbocycles. The van der Waals surface area contributed by atoms with Crippen molar-refractivity contribution in [1.29, 1.82) is 0 Å². The highest BCUT2D eigenvalue weighted by atomic mass is 35.5. The summed E-state index contributed by atoms with van der Waals surface area (Å²) in [7, 11) is 0. The molecule has 1 fully saturated rings. The first kappa shape index (κ1) is 32.6. The monoisotopic (exact) mass is 645 g/mol. The lowest BCUT2D eigenvalue weighted by Gasteiger charge is -2.35. The zero-order valence-electron chi connectivity index (χ0n) is 22.6. The fourth-order valence-electron chi connectivity index (χ4n) is 3.70. The van der Waals surface area contributed by atoms with Gasteiger partial charge in [0, 0.05) is 42.8 Å². The molecule has 3 rings (SSSR count). The minimum absolute atomic E-state index is 0.00371. The number of hydrazine groups is 1. The van der Waals surface area contributed by atoms with Crippen molar-refractivity contribution in [3.63, 3.8) is 0 Å². The van der Waals surface area contributed by atoms with Crippen LogP contribution in [0.3, 0.4) is 0 Å². The average Bonchev–Trinajstić information content (AvgIpc) is 2.95. The highest BCUT2D eigenvalue weighted by Gasteiger charge is 2.26. The Hall–Kier alpha value is -2.96. The molecule has 1 aliphatic heterocycles. The van der Waals surface area contributed by atoms with E-state index in [0.717, 1.165) is 0 Å². The maximum absolute atomic E-state index is 12.7.